The van der Waals surface area contributed by atoms with Gasteiger partial charge >= 0.3 is 0 Å². The van der Waals surface area contributed by atoms with Gasteiger partial charge in [-0.05, 0) is 82.2 Å². The van der Waals surface area contributed by atoms with Crippen molar-refractivity contribution in [3.05, 3.63) is 23.3 Å². The predicted octanol–water partition coefficient (Wildman–Crippen LogP) is 7.45. The number of hydrogen-bond donors (Lipinski definition) is 2. The van der Waals surface area contributed by atoms with Gasteiger partial charge in [-0.15, -0.1) is 9.24 Å². The van der Waals surface area contributed by atoms with Crippen LogP contribution in [0.3, 0.4) is 0 Å². The molecule has 7 unspecified atom stereocenters. The first-order chi connectivity index (χ1) is 14.1. The lowest BCUT2D eigenvalue weighted by Crippen LogP contribution is -2.34. The summed E-state index contributed by atoms with van der Waals surface area (Å²) < 4.78 is 0. The fraction of sp³-hybridized carbons (Fsp3) is 0.852. The molecule has 2 N–H and O–H groups in total. The Labute approximate surface area is 190 Å². The Bertz CT molecular complexity index is 537. The number of allylic oxidation sites excluding steroid dienone is 3. The van der Waals surface area contributed by atoms with E-state index in [2.05, 4.69) is 56.0 Å². The van der Waals surface area contributed by atoms with Gasteiger partial charge in [-0.1, -0.05) is 76.7 Å². The summed E-state index contributed by atoms with van der Waals surface area (Å²) in [6.07, 6.45) is 16.5. The molecule has 0 fully saturated rings. The molecule has 1 aliphatic carbocycles. The van der Waals surface area contributed by atoms with Crippen molar-refractivity contribution in [2.45, 2.75) is 130 Å². The number of unbranched alkanes of at least 4 members (excludes halogenated alkanes) is 2. The highest BCUT2D eigenvalue weighted by Crippen LogP contribution is 2.37. The lowest BCUT2D eigenvalue weighted by molar-refractivity contribution is 0.0365. The molecule has 0 heterocycles. The van der Waals surface area contributed by atoms with Gasteiger partial charge in [0.05, 0.1) is 11.7 Å². The summed E-state index contributed by atoms with van der Waals surface area (Å²) in [4.78, 5) is 0. The Hall–Kier alpha value is -0.170. The summed E-state index contributed by atoms with van der Waals surface area (Å²) in [7, 11) is 3.00. The summed E-state index contributed by atoms with van der Waals surface area (Å²) >= 11 is 0. The van der Waals surface area contributed by atoms with E-state index in [1.165, 1.54) is 43.3 Å². The molecular weight excluding hydrogens is 387 g/mol. The monoisotopic (exact) mass is 438 g/mol. The highest BCUT2D eigenvalue weighted by molar-refractivity contribution is 7.18. The summed E-state index contributed by atoms with van der Waals surface area (Å²) in [5, 5.41) is 21.0. The molecule has 2 nitrogen and oxygen atoms in total. The summed E-state index contributed by atoms with van der Waals surface area (Å²) in [6.45, 7) is 13.2. The maximum Gasteiger partial charge on any atom is 0.0752 e. The van der Waals surface area contributed by atoms with Gasteiger partial charge in [0.2, 0.25) is 0 Å². The van der Waals surface area contributed by atoms with E-state index in [0.29, 0.717) is 23.4 Å². The summed E-state index contributed by atoms with van der Waals surface area (Å²) in [5.41, 5.74) is 2.86. The van der Waals surface area contributed by atoms with Crippen molar-refractivity contribution >= 4 is 9.24 Å². The number of aliphatic hydroxyl groups excluding tert-OH is 1. The predicted molar refractivity (Wildman–Crippen MR) is 136 cm³/mol. The first-order valence-corrected chi connectivity index (χ1v) is 13.3. The fourth-order valence-electron chi connectivity index (χ4n) is 4.62. The molecule has 0 spiro atoms. The van der Waals surface area contributed by atoms with Gasteiger partial charge in [0, 0.05) is 0 Å². The average molecular weight is 439 g/mol. The van der Waals surface area contributed by atoms with Gasteiger partial charge in [0.1, 0.15) is 0 Å². The average Bonchev–Trinajstić information content (AvgIpc) is 2.68. The molecule has 3 heteroatoms. The second-order valence-electron chi connectivity index (χ2n) is 10.6. The van der Waals surface area contributed by atoms with E-state index >= 15 is 0 Å². The van der Waals surface area contributed by atoms with Crippen LogP contribution in [0.4, 0.5) is 0 Å². The smallest absolute Gasteiger partial charge is 0.0752 e. The third-order valence-electron chi connectivity index (χ3n) is 7.42. The van der Waals surface area contributed by atoms with E-state index in [1.54, 1.807) is 0 Å². The molecule has 0 saturated carbocycles. The van der Waals surface area contributed by atoms with Gasteiger partial charge in [-0.25, -0.2) is 0 Å². The zero-order valence-corrected chi connectivity index (χ0v) is 21.9. The molecule has 0 bridgehead atoms. The quantitative estimate of drug-likeness (QED) is 0.168. The topological polar surface area (TPSA) is 40.5 Å². The van der Waals surface area contributed by atoms with E-state index in [4.69, 9.17) is 0 Å². The molecule has 0 aliphatic heterocycles. The normalized spacial score (nSPS) is 28.2. The third-order valence-corrected chi connectivity index (χ3v) is 8.46. The van der Waals surface area contributed by atoms with Crippen LogP contribution in [0.5, 0.6) is 0 Å². The fourth-order valence-corrected chi connectivity index (χ4v) is 5.25. The van der Waals surface area contributed by atoms with Crippen molar-refractivity contribution in [2.24, 2.45) is 17.8 Å². The number of aliphatic hydroxyl groups is 2. The molecule has 1 rings (SSSR count). The molecule has 0 radical (unpaired) electrons. The zero-order valence-electron chi connectivity index (χ0n) is 20.8. The molecular formula is C27H51O2P. The molecule has 0 saturated heterocycles. The zero-order chi connectivity index (χ0) is 22.7. The van der Waals surface area contributed by atoms with Gasteiger partial charge in [0.15, 0.2) is 0 Å². The third kappa shape index (κ3) is 10.4. The first-order valence-electron chi connectivity index (χ1n) is 12.6. The van der Waals surface area contributed by atoms with Crippen molar-refractivity contribution in [2.75, 3.05) is 0 Å². The highest BCUT2D eigenvalue weighted by Gasteiger charge is 2.31. The Balaban J connectivity index is 2.27. The Morgan fingerprint density at radius 2 is 1.83 bits per heavy atom. The van der Waals surface area contributed by atoms with Crippen molar-refractivity contribution in [1.29, 1.82) is 0 Å². The van der Waals surface area contributed by atoms with Crippen LogP contribution < -0.4 is 0 Å². The lowest BCUT2D eigenvalue weighted by atomic mass is 9.78. The van der Waals surface area contributed by atoms with Crippen LogP contribution in [0.1, 0.15) is 112 Å². The van der Waals surface area contributed by atoms with Crippen LogP contribution in [0.15, 0.2) is 23.3 Å². The van der Waals surface area contributed by atoms with Crippen molar-refractivity contribution in [3.8, 4) is 0 Å². The Morgan fingerprint density at radius 1 is 1.17 bits per heavy atom. The van der Waals surface area contributed by atoms with E-state index in [9.17, 15) is 10.2 Å². The number of rotatable bonds is 14. The van der Waals surface area contributed by atoms with Crippen LogP contribution in [-0.2, 0) is 0 Å². The second kappa shape index (κ2) is 14.1. The molecule has 1 aliphatic rings. The summed E-state index contributed by atoms with van der Waals surface area (Å²) in [6, 6.07) is 0. The van der Waals surface area contributed by atoms with E-state index in [-0.39, 0.29) is 6.10 Å². The van der Waals surface area contributed by atoms with Gasteiger partial charge in [-0.3, -0.25) is 0 Å². The molecule has 0 aromatic heterocycles. The van der Waals surface area contributed by atoms with E-state index in [0.717, 1.165) is 38.5 Å². The Morgan fingerprint density at radius 3 is 2.50 bits per heavy atom. The van der Waals surface area contributed by atoms with E-state index < -0.39 is 5.60 Å². The Kier molecular flexibility index (Phi) is 13.1. The van der Waals surface area contributed by atoms with Gasteiger partial charge in [0.25, 0.3) is 0 Å². The minimum atomic E-state index is -0.532. The standard InChI is InChI=1S/C27H51O2P/c1-7-8-9-12-20(2)13-10-17-27(6,29)18-11-14-21(3)15-16-24-19-25(28)22(4)23(5)26(24)30/h12,19,21-23,25-26,28-29H,7-11,13-18,30H2,1-6H3/b20-12+. The van der Waals surface area contributed by atoms with Gasteiger partial charge < -0.3 is 10.2 Å². The van der Waals surface area contributed by atoms with Crippen LogP contribution in [-0.4, -0.2) is 27.6 Å². The lowest BCUT2D eigenvalue weighted by Gasteiger charge is -2.36. The molecule has 176 valence electrons. The minimum absolute atomic E-state index is 0.290. The molecule has 0 aromatic carbocycles. The largest absolute Gasteiger partial charge is 0.390 e. The van der Waals surface area contributed by atoms with E-state index in [1.807, 2.05) is 6.92 Å². The second-order valence-corrected chi connectivity index (χ2v) is 11.3. The van der Waals surface area contributed by atoms with Crippen LogP contribution >= 0.6 is 9.24 Å². The number of hydrogen-bond acceptors (Lipinski definition) is 2. The van der Waals surface area contributed by atoms with Gasteiger partial charge in [-0.2, -0.15) is 0 Å². The van der Waals surface area contributed by atoms with Crippen molar-refractivity contribution < 1.29 is 10.2 Å². The molecule has 7 atom stereocenters. The van der Waals surface area contributed by atoms with Crippen LogP contribution in [0.25, 0.3) is 0 Å². The summed E-state index contributed by atoms with van der Waals surface area (Å²) in [5.74, 6) is 1.52. The molecule has 0 aromatic rings. The van der Waals surface area contributed by atoms with Crippen LogP contribution in [0.2, 0.25) is 0 Å². The SMILES string of the molecule is CCCC/C=C(\C)CCCC(C)(O)CCCC(C)CCC1=CC(O)C(C)C(C)C1P. The molecule has 30 heavy (non-hydrogen) atoms. The molecule has 0 amide bonds. The maximum atomic E-state index is 10.7. The van der Waals surface area contributed by atoms with Crippen molar-refractivity contribution in [3.63, 3.8) is 0 Å². The maximum absolute atomic E-state index is 10.7. The highest BCUT2D eigenvalue weighted by atomic mass is 31.0. The van der Waals surface area contributed by atoms with Crippen molar-refractivity contribution in [1.82, 2.24) is 0 Å². The van der Waals surface area contributed by atoms with Crippen LogP contribution in [0, 0.1) is 17.8 Å². The first kappa shape index (κ1) is 27.9. The minimum Gasteiger partial charge on any atom is -0.390 e.